The molecule has 0 spiro atoms. The number of fused-ring (bicyclic) bond motifs is 2. The van der Waals surface area contributed by atoms with Crippen LogP contribution in [0.15, 0.2) is 33.5 Å². The standard InChI is InChI=1S/C16H16BrN3O2.ClH/c17-13-3-1-2-11-12(4-14(21)19-15(11)13)16(22)20-7-9-5-18-6-10(9)8-20;/h1-4,9-10,18H,5-8H2,(H,19,21);1H/t9-,10+;. The molecule has 0 bridgehead atoms. The van der Waals surface area contributed by atoms with E-state index in [9.17, 15) is 9.59 Å². The molecule has 23 heavy (non-hydrogen) atoms. The average molecular weight is 399 g/mol. The summed E-state index contributed by atoms with van der Waals surface area (Å²) in [7, 11) is 0. The average Bonchev–Trinajstić information content (AvgIpc) is 3.08. The summed E-state index contributed by atoms with van der Waals surface area (Å²) in [6.07, 6.45) is 0. The van der Waals surface area contributed by atoms with Crippen molar-refractivity contribution in [3.63, 3.8) is 0 Å². The van der Waals surface area contributed by atoms with E-state index in [1.54, 1.807) is 0 Å². The Morgan fingerprint density at radius 2 is 1.91 bits per heavy atom. The zero-order chi connectivity index (χ0) is 15.3. The summed E-state index contributed by atoms with van der Waals surface area (Å²) >= 11 is 3.43. The second-order valence-electron chi connectivity index (χ2n) is 6.10. The van der Waals surface area contributed by atoms with Crippen LogP contribution in [0.25, 0.3) is 10.9 Å². The number of nitrogens with one attached hydrogen (secondary N) is 2. The van der Waals surface area contributed by atoms with Gasteiger partial charge in [0.2, 0.25) is 5.56 Å². The lowest BCUT2D eigenvalue weighted by molar-refractivity contribution is 0.0783. The predicted octanol–water partition coefficient (Wildman–Crippen LogP) is 2.00. The van der Waals surface area contributed by atoms with Crippen molar-refractivity contribution < 1.29 is 4.79 Å². The molecular formula is C16H17BrClN3O2. The number of likely N-dealkylation sites (tertiary alicyclic amines) is 1. The number of pyridine rings is 1. The van der Waals surface area contributed by atoms with Gasteiger partial charge in [0.1, 0.15) is 0 Å². The van der Waals surface area contributed by atoms with Crippen LogP contribution in [0.2, 0.25) is 0 Å². The lowest BCUT2D eigenvalue weighted by atomic mass is 10.0. The first-order chi connectivity index (χ1) is 10.6. The van der Waals surface area contributed by atoms with Crippen molar-refractivity contribution in [2.75, 3.05) is 26.2 Å². The molecule has 2 N–H and O–H groups in total. The smallest absolute Gasteiger partial charge is 0.254 e. The quantitative estimate of drug-likeness (QED) is 0.772. The zero-order valence-electron chi connectivity index (χ0n) is 12.3. The Kier molecular flexibility index (Phi) is 4.49. The molecule has 7 heteroatoms. The van der Waals surface area contributed by atoms with Crippen molar-refractivity contribution in [2.45, 2.75) is 0 Å². The third-order valence-electron chi connectivity index (χ3n) is 4.73. The van der Waals surface area contributed by atoms with Gasteiger partial charge < -0.3 is 15.2 Å². The lowest BCUT2D eigenvalue weighted by Gasteiger charge is -2.18. The molecule has 2 aromatic rings. The highest BCUT2D eigenvalue weighted by Crippen LogP contribution is 2.29. The topological polar surface area (TPSA) is 65.2 Å². The maximum absolute atomic E-state index is 12.9. The molecule has 2 aliphatic rings. The Bertz CT molecular complexity index is 811. The number of carbonyl (C=O) groups is 1. The summed E-state index contributed by atoms with van der Waals surface area (Å²) in [4.78, 5) is 29.5. The summed E-state index contributed by atoms with van der Waals surface area (Å²) < 4.78 is 0.791. The summed E-state index contributed by atoms with van der Waals surface area (Å²) in [6, 6.07) is 7.04. The summed E-state index contributed by atoms with van der Waals surface area (Å²) in [5, 5.41) is 4.16. The van der Waals surface area contributed by atoms with Crippen LogP contribution in [0, 0.1) is 11.8 Å². The number of rotatable bonds is 1. The summed E-state index contributed by atoms with van der Waals surface area (Å²) in [5.74, 6) is 1.05. The van der Waals surface area contributed by atoms with Crippen LogP contribution in [0.1, 0.15) is 10.4 Å². The van der Waals surface area contributed by atoms with Crippen LogP contribution in [-0.2, 0) is 0 Å². The largest absolute Gasteiger partial charge is 0.338 e. The number of aromatic nitrogens is 1. The fourth-order valence-electron chi connectivity index (χ4n) is 3.61. The summed E-state index contributed by atoms with van der Waals surface area (Å²) in [5.41, 5.74) is 0.927. The van der Waals surface area contributed by atoms with Gasteiger partial charge in [0.15, 0.2) is 0 Å². The number of para-hydroxylation sites is 1. The van der Waals surface area contributed by atoms with Gasteiger partial charge in [-0.25, -0.2) is 0 Å². The number of carbonyl (C=O) groups excluding carboxylic acids is 1. The molecule has 2 saturated heterocycles. The highest BCUT2D eigenvalue weighted by Gasteiger charge is 2.38. The van der Waals surface area contributed by atoms with E-state index in [0.717, 1.165) is 36.0 Å². The molecule has 0 saturated carbocycles. The van der Waals surface area contributed by atoms with Gasteiger partial charge >= 0.3 is 0 Å². The van der Waals surface area contributed by atoms with Gasteiger partial charge in [-0.05, 0) is 33.8 Å². The second kappa shape index (κ2) is 6.26. The first-order valence-corrected chi connectivity index (χ1v) is 8.24. The fraction of sp³-hybridized carbons (Fsp3) is 0.375. The van der Waals surface area contributed by atoms with E-state index in [1.165, 1.54) is 6.07 Å². The maximum atomic E-state index is 12.9. The number of aromatic amines is 1. The molecule has 0 radical (unpaired) electrons. The van der Waals surface area contributed by atoms with E-state index >= 15 is 0 Å². The van der Waals surface area contributed by atoms with Gasteiger partial charge in [-0.2, -0.15) is 0 Å². The normalized spacial score (nSPS) is 22.9. The Morgan fingerprint density at radius 1 is 1.22 bits per heavy atom. The molecule has 0 aliphatic carbocycles. The highest BCUT2D eigenvalue weighted by molar-refractivity contribution is 9.10. The van der Waals surface area contributed by atoms with Crippen LogP contribution >= 0.6 is 28.3 Å². The van der Waals surface area contributed by atoms with E-state index in [1.807, 2.05) is 23.1 Å². The molecule has 122 valence electrons. The van der Waals surface area contributed by atoms with Crippen LogP contribution in [0.5, 0.6) is 0 Å². The van der Waals surface area contributed by atoms with E-state index in [-0.39, 0.29) is 23.9 Å². The molecule has 3 heterocycles. The highest BCUT2D eigenvalue weighted by atomic mass is 79.9. The summed E-state index contributed by atoms with van der Waals surface area (Å²) in [6.45, 7) is 3.52. The molecule has 2 fully saturated rings. The molecule has 1 aromatic heterocycles. The monoisotopic (exact) mass is 397 g/mol. The van der Waals surface area contributed by atoms with Crippen molar-refractivity contribution in [3.05, 3.63) is 44.7 Å². The number of halogens is 2. The molecule has 0 unspecified atom stereocenters. The van der Waals surface area contributed by atoms with Crippen LogP contribution in [0.4, 0.5) is 0 Å². The van der Waals surface area contributed by atoms with Crippen molar-refractivity contribution in [1.82, 2.24) is 15.2 Å². The fourth-order valence-corrected chi connectivity index (χ4v) is 4.08. The van der Waals surface area contributed by atoms with E-state index in [0.29, 0.717) is 22.9 Å². The van der Waals surface area contributed by atoms with Crippen molar-refractivity contribution in [2.24, 2.45) is 11.8 Å². The molecule has 2 aliphatic heterocycles. The first-order valence-electron chi connectivity index (χ1n) is 7.45. The van der Waals surface area contributed by atoms with Gasteiger partial charge in [0.05, 0.1) is 11.1 Å². The molecule has 1 amide bonds. The molecule has 5 nitrogen and oxygen atoms in total. The Balaban J connectivity index is 0.00000156. The van der Waals surface area contributed by atoms with Gasteiger partial charge in [0.25, 0.3) is 5.91 Å². The number of H-pyrrole nitrogens is 1. The van der Waals surface area contributed by atoms with Crippen LogP contribution in [0.3, 0.4) is 0 Å². The van der Waals surface area contributed by atoms with E-state index in [2.05, 4.69) is 26.2 Å². The first kappa shape index (κ1) is 16.5. The molecular weight excluding hydrogens is 382 g/mol. The molecule has 1 aromatic carbocycles. The van der Waals surface area contributed by atoms with Crippen molar-refractivity contribution in [1.29, 1.82) is 0 Å². The number of nitrogens with zero attached hydrogens (tertiary/aromatic N) is 1. The number of hydrogen-bond acceptors (Lipinski definition) is 3. The predicted molar refractivity (Wildman–Crippen MR) is 95.3 cm³/mol. The molecule has 2 atom stereocenters. The van der Waals surface area contributed by atoms with Gasteiger partial charge in [-0.1, -0.05) is 12.1 Å². The van der Waals surface area contributed by atoms with Gasteiger partial charge in [-0.15, -0.1) is 12.4 Å². The Labute approximate surface area is 148 Å². The van der Waals surface area contributed by atoms with Crippen molar-refractivity contribution >= 4 is 45.1 Å². The number of amides is 1. The third-order valence-corrected chi connectivity index (χ3v) is 5.40. The SMILES string of the molecule is Cl.O=C(c1cc(=O)[nH]c2c(Br)cccc12)N1C[C@H]2CNC[C@H]2C1. The van der Waals surface area contributed by atoms with E-state index < -0.39 is 0 Å². The maximum Gasteiger partial charge on any atom is 0.254 e. The van der Waals surface area contributed by atoms with Gasteiger partial charge in [0, 0.05) is 42.1 Å². The Hall–Kier alpha value is -1.37. The third kappa shape index (κ3) is 2.79. The number of benzene rings is 1. The van der Waals surface area contributed by atoms with Crippen LogP contribution < -0.4 is 10.9 Å². The van der Waals surface area contributed by atoms with Crippen LogP contribution in [-0.4, -0.2) is 42.0 Å². The molecule has 4 rings (SSSR count). The van der Waals surface area contributed by atoms with Crippen molar-refractivity contribution in [3.8, 4) is 0 Å². The second-order valence-corrected chi connectivity index (χ2v) is 6.95. The zero-order valence-corrected chi connectivity index (χ0v) is 14.7. The lowest BCUT2D eigenvalue weighted by Crippen LogP contribution is -2.32. The minimum absolute atomic E-state index is 0. The minimum Gasteiger partial charge on any atom is -0.338 e. The Morgan fingerprint density at radius 3 is 2.61 bits per heavy atom. The number of hydrogen-bond donors (Lipinski definition) is 2. The van der Waals surface area contributed by atoms with Gasteiger partial charge in [-0.3, -0.25) is 9.59 Å². The minimum atomic E-state index is -0.246. The van der Waals surface area contributed by atoms with E-state index in [4.69, 9.17) is 0 Å².